The third-order valence-corrected chi connectivity index (χ3v) is 6.56. The van der Waals surface area contributed by atoms with Crippen molar-refractivity contribution in [3.05, 3.63) is 65.9 Å². The van der Waals surface area contributed by atoms with E-state index in [9.17, 15) is 44.4 Å². The number of hydrogen-bond donors (Lipinski definition) is 9. The molecule has 0 spiro atoms. The number of phenolic OH excluding ortho intramolecular Hbond substituents is 1. The van der Waals surface area contributed by atoms with Crippen LogP contribution in [0.25, 0.3) is 10.9 Å². The van der Waals surface area contributed by atoms with Crippen molar-refractivity contribution in [2.45, 2.75) is 56.5 Å². The highest BCUT2D eigenvalue weighted by Crippen LogP contribution is 2.19. The van der Waals surface area contributed by atoms with Crippen LogP contribution in [0.2, 0.25) is 0 Å². The number of nitrogens with one attached hydrogen (secondary N) is 4. The number of aromatic hydroxyl groups is 1. The number of phenols is 1. The number of aliphatic hydroxyl groups is 1. The Morgan fingerprint density at radius 2 is 1.43 bits per heavy atom. The lowest BCUT2D eigenvalue weighted by molar-refractivity contribution is -0.143. The Hall–Kier alpha value is -4.95. The Morgan fingerprint density at radius 3 is 2.05 bits per heavy atom. The molecule has 42 heavy (non-hydrogen) atoms. The normalized spacial score (nSPS) is 14.6. The number of aliphatic carboxylic acids is 2. The van der Waals surface area contributed by atoms with Gasteiger partial charge in [0.25, 0.3) is 0 Å². The number of benzene rings is 2. The molecule has 0 aliphatic rings. The van der Waals surface area contributed by atoms with Crippen LogP contribution in [0.1, 0.15) is 24.5 Å². The van der Waals surface area contributed by atoms with Crippen LogP contribution in [0.3, 0.4) is 0 Å². The molecule has 0 aliphatic carbocycles. The first-order valence-corrected chi connectivity index (χ1v) is 13.0. The summed E-state index contributed by atoms with van der Waals surface area (Å²) in [4.78, 5) is 65.5. The first kappa shape index (κ1) is 31.6. The standard InChI is InChI=1S/C28H33N5O9/c1-14(34)24(29)27(40)32-21(12-23(36)37)26(39)31-20(10-15-6-8-17(35)9-7-15)25(38)33-22(28(41)42)11-16-13-30-19-5-3-2-4-18(16)19/h2-9,13-14,20-22,24,30,34-35H,10-12,29H2,1H3,(H,31,39)(H,32,40)(H,33,38)(H,36,37)(H,41,42). The molecular weight excluding hydrogens is 550 g/mol. The van der Waals surface area contributed by atoms with Gasteiger partial charge >= 0.3 is 11.9 Å². The van der Waals surface area contributed by atoms with Gasteiger partial charge in [-0.15, -0.1) is 0 Å². The SMILES string of the molecule is CC(O)C(N)C(=O)NC(CC(=O)O)C(=O)NC(Cc1ccc(O)cc1)C(=O)NC(Cc1c[nH]c2ccccc12)C(=O)O. The first-order valence-electron chi connectivity index (χ1n) is 13.0. The summed E-state index contributed by atoms with van der Waals surface area (Å²) < 4.78 is 0. The van der Waals surface area contributed by atoms with Gasteiger partial charge < -0.3 is 47.1 Å². The number of carbonyl (C=O) groups excluding carboxylic acids is 3. The number of para-hydroxylation sites is 1. The summed E-state index contributed by atoms with van der Waals surface area (Å²) in [7, 11) is 0. The fraction of sp³-hybridized carbons (Fsp3) is 0.321. The van der Waals surface area contributed by atoms with Crippen molar-refractivity contribution in [1.29, 1.82) is 0 Å². The van der Waals surface area contributed by atoms with Gasteiger partial charge in [0, 0.05) is 29.9 Å². The summed E-state index contributed by atoms with van der Waals surface area (Å²) in [5.41, 5.74) is 7.49. The van der Waals surface area contributed by atoms with Crippen LogP contribution in [0.5, 0.6) is 5.75 Å². The van der Waals surface area contributed by atoms with Crippen LogP contribution < -0.4 is 21.7 Å². The lowest BCUT2D eigenvalue weighted by Gasteiger charge is -2.25. The predicted molar refractivity (Wildman–Crippen MR) is 149 cm³/mol. The highest BCUT2D eigenvalue weighted by Gasteiger charge is 2.32. The smallest absolute Gasteiger partial charge is 0.326 e. The monoisotopic (exact) mass is 583 g/mol. The third kappa shape index (κ3) is 8.52. The molecule has 0 saturated heterocycles. The lowest BCUT2D eigenvalue weighted by Crippen LogP contribution is -2.59. The average molecular weight is 584 g/mol. The minimum Gasteiger partial charge on any atom is -0.508 e. The molecule has 0 saturated carbocycles. The maximum atomic E-state index is 13.4. The van der Waals surface area contributed by atoms with E-state index in [0.717, 1.165) is 10.9 Å². The van der Waals surface area contributed by atoms with Crippen molar-refractivity contribution < 1.29 is 44.4 Å². The third-order valence-electron chi connectivity index (χ3n) is 6.56. The Labute approximate surface area is 239 Å². The topological polar surface area (TPSA) is 244 Å². The lowest BCUT2D eigenvalue weighted by atomic mass is 10.0. The Kier molecular flexibility index (Phi) is 10.6. The number of nitrogens with two attached hydrogens (primary N) is 1. The van der Waals surface area contributed by atoms with Crippen molar-refractivity contribution in [2.24, 2.45) is 5.73 Å². The van der Waals surface area contributed by atoms with Crippen molar-refractivity contribution in [2.75, 3.05) is 0 Å². The van der Waals surface area contributed by atoms with Gasteiger partial charge in [0.15, 0.2) is 0 Å². The van der Waals surface area contributed by atoms with Crippen molar-refractivity contribution in [1.82, 2.24) is 20.9 Å². The number of carbonyl (C=O) groups is 5. The molecule has 0 fully saturated rings. The number of hydrogen-bond acceptors (Lipinski definition) is 8. The number of aromatic nitrogens is 1. The van der Waals surface area contributed by atoms with Crippen molar-refractivity contribution in [3.63, 3.8) is 0 Å². The molecule has 0 radical (unpaired) electrons. The minimum absolute atomic E-state index is 0.0489. The van der Waals surface area contributed by atoms with Gasteiger partial charge in [-0.1, -0.05) is 30.3 Å². The van der Waals surface area contributed by atoms with Crippen LogP contribution in [-0.4, -0.2) is 85.3 Å². The largest absolute Gasteiger partial charge is 0.508 e. The number of aromatic amines is 1. The van der Waals surface area contributed by atoms with E-state index in [-0.39, 0.29) is 18.6 Å². The van der Waals surface area contributed by atoms with Gasteiger partial charge in [0.2, 0.25) is 17.7 Å². The van der Waals surface area contributed by atoms with Crippen molar-refractivity contribution >= 4 is 40.6 Å². The molecule has 3 amide bonds. The van der Waals surface area contributed by atoms with Crippen LogP contribution in [0.15, 0.2) is 54.7 Å². The molecule has 2 aromatic carbocycles. The number of fused-ring (bicyclic) bond motifs is 1. The molecule has 3 aromatic rings. The van der Waals surface area contributed by atoms with E-state index < -0.39 is 66.4 Å². The van der Waals surface area contributed by atoms with Crippen LogP contribution in [0.4, 0.5) is 0 Å². The minimum atomic E-state index is -1.67. The van der Waals surface area contributed by atoms with Gasteiger partial charge in [-0.25, -0.2) is 4.79 Å². The summed E-state index contributed by atoms with van der Waals surface area (Å²) >= 11 is 0. The van der Waals surface area contributed by atoms with E-state index in [0.29, 0.717) is 11.1 Å². The molecule has 0 bridgehead atoms. The van der Waals surface area contributed by atoms with E-state index in [1.807, 2.05) is 12.1 Å². The number of amides is 3. The number of carboxylic acids is 2. The molecule has 5 unspecified atom stereocenters. The second-order valence-electron chi connectivity index (χ2n) is 9.82. The van der Waals surface area contributed by atoms with Gasteiger partial charge in [0.1, 0.15) is 29.9 Å². The second kappa shape index (κ2) is 14.1. The first-order chi connectivity index (χ1) is 19.8. The van der Waals surface area contributed by atoms with E-state index in [1.165, 1.54) is 31.2 Å². The zero-order valence-corrected chi connectivity index (χ0v) is 22.6. The van der Waals surface area contributed by atoms with E-state index in [4.69, 9.17) is 5.73 Å². The highest BCUT2D eigenvalue weighted by atomic mass is 16.4. The molecule has 14 nitrogen and oxygen atoms in total. The number of H-pyrrole nitrogens is 1. The highest BCUT2D eigenvalue weighted by molar-refractivity contribution is 5.96. The van der Waals surface area contributed by atoms with Crippen LogP contribution in [-0.2, 0) is 36.8 Å². The molecule has 10 N–H and O–H groups in total. The van der Waals surface area contributed by atoms with Crippen LogP contribution in [0, 0.1) is 0 Å². The molecule has 224 valence electrons. The molecule has 5 atom stereocenters. The number of carboxylic acid groups (broad SMARTS) is 2. The molecular formula is C28H33N5O9. The number of rotatable bonds is 14. The zero-order chi connectivity index (χ0) is 31.0. The van der Waals surface area contributed by atoms with Crippen molar-refractivity contribution in [3.8, 4) is 5.75 Å². The maximum absolute atomic E-state index is 13.4. The Morgan fingerprint density at radius 1 is 0.833 bits per heavy atom. The summed E-state index contributed by atoms with van der Waals surface area (Å²) in [6.07, 6.45) is -0.773. The van der Waals surface area contributed by atoms with E-state index >= 15 is 0 Å². The van der Waals surface area contributed by atoms with Gasteiger partial charge in [-0.2, -0.15) is 0 Å². The summed E-state index contributed by atoms with van der Waals surface area (Å²) in [6.45, 7) is 1.24. The number of aliphatic hydroxyl groups excluding tert-OH is 1. The Bertz CT molecular complexity index is 1440. The molecule has 1 aromatic heterocycles. The fourth-order valence-electron chi connectivity index (χ4n) is 4.21. The summed E-state index contributed by atoms with van der Waals surface area (Å²) in [5, 5.41) is 46.1. The second-order valence-corrected chi connectivity index (χ2v) is 9.82. The molecule has 0 aliphatic heterocycles. The fourth-order valence-corrected chi connectivity index (χ4v) is 4.21. The van der Waals surface area contributed by atoms with Gasteiger partial charge in [-0.05, 0) is 36.2 Å². The predicted octanol–water partition coefficient (Wildman–Crippen LogP) is -0.619. The zero-order valence-electron chi connectivity index (χ0n) is 22.6. The molecule has 14 heteroatoms. The maximum Gasteiger partial charge on any atom is 0.326 e. The Balaban J connectivity index is 1.84. The van der Waals surface area contributed by atoms with E-state index in [2.05, 4.69) is 20.9 Å². The van der Waals surface area contributed by atoms with Gasteiger partial charge in [0.05, 0.1) is 12.5 Å². The van der Waals surface area contributed by atoms with E-state index in [1.54, 1.807) is 18.3 Å². The van der Waals surface area contributed by atoms with Gasteiger partial charge in [-0.3, -0.25) is 19.2 Å². The molecule has 3 rings (SSSR count). The molecule has 1 heterocycles. The quantitative estimate of drug-likeness (QED) is 0.116. The van der Waals surface area contributed by atoms with Crippen LogP contribution >= 0.6 is 0 Å². The average Bonchev–Trinajstić information content (AvgIpc) is 3.34. The summed E-state index contributed by atoms with van der Waals surface area (Å²) in [5.74, 6) is -5.74. The summed E-state index contributed by atoms with van der Waals surface area (Å²) in [6, 6.07) is 6.98.